The second kappa shape index (κ2) is 15.7. The molecule has 59 heavy (non-hydrogen) atoms. The Labute approximate surface area is 381 Å². The summed E-state index contributed by atoms with van der Waals surface area (Å²) >= 11 is 0. The van der Waals surface area contributed by atoms with Crippen molar-refractivity contribution in [3.63, 3.8) is 0 Å². The van der Waals surface area contributed by atoms with Crippen LogP contribution in [0.5, 0.6) is 11.5 Å². The van der Waals surface area contributed by atoms with Gasteiger partial charge in [0.05, 0.1) is 35.9 Å². The van der Waals surface area contributed by atoms with Crippen molar-refractivity contribution in [3.05, 3.63) is 200 Å². The molecule has 0 radical (unpaired) electrons. The van der Waals surface area contributed by atoms with Gasteiger partial charge in [0.1, 0.15) is 5.82 Å². The number of fused-ring (bicyclic) bond motifs is 4. The van der Waals surface area contributed by atoms with Gasteiger partial charge in [0.25, 0.3) is 6.33 Å². The third-order valence-electron chi connectivity index (χ3n) is 9.48. The summed E-state index contributed by atoms with van der Waals surface area (Å²) in [4.78, 5) is 4.62. The molecule has 0 saturated carbocycles. The van der Waals surface area contributed by atoms with Gasteiger partial charge in [0.15, 0.2) is 0 Å². The molecule has 0 N–H and O–H groups in total. The molecule has 0 unspecified atom stereocenters. The topological polar surface area (TPSA) is 35.9 Å². The van der Waals surface area contributed by atoms with Crippen molar-refractivity contribution in [1.29, 1.82) is 0 Å². The molecule has 3 aromatic heterocycles. The van der Waals surface area contributed by atoms with Crippen LogP contribution in [-0.2, 0) is 27.5 Å². The summed E-state index contributed by atoms with van der Waals surface area (Å²) in [5.74, 6) is 0.115. The van der Waals surface area contributed by atoms with E-state index in [1.807, 2.05) is 12.1 Å². The minimum absolute atomic E-state index is 0. The minimum atomic E-state index is -0.621. The van der Waals surface area contributed by atoms with Crippen LogP contribution in [0.4, 0.5) is 0 Å². The first-order valence-corrected chi connectivity index (χ1v) is 18.4. The van der Waals surface area contributed by atoms with Crippen LogP contribution in [0.1, 0.15) is 48.3 Å². The van der Waals surface area contributed by atoms with Crippen LogP contribution in [-0.4, -0.2) is 14.1 Å². The maximum absolute atomic E-state index is 9.33. The van der Waals surface area contributed by atoms with E-state index in [4.69, 9.17) is 23.9 Å². The predicted octanol–water partition coefficient (Wildman–Crippen LogP) is 12.5. The molecule has 0 aliphatic rings. The van der Waals surface area contributed by atoms with E-state index in [0.717, 1.165) is 5.56 Å². The van der Waals surface area contributed by atoms with E-state index in [9.17, 15) is 2.74 Å². The van der Waals surface area contributed by atoms with Gasteiger partial charge in [-0.1, -0.05) is 147 Å². The van der Waals surface area contributed by atoms with E-state index in [1.54, 1.807) is 53.2 Å². The number of aromatic nitrogens is 4. The van der Waals surface area contributed by atoms with Crippen LogP contribution in [0, 0.1) is 23.9 Å². The fraction of sp³-hybridized carbons (Fsp3) is 0.0943. The normalized spacial score (nSPS) is 15.4. The Hall–Kier alpha value is -6.55. The molecule has 0 spiro atoms. The van der Waals surface area contributed by atoms with E-state index in [0.29, 0.717) is 29.0 Å². The summed E-state index contributed by atoms with van der Waals surface area (Å²) in [5, 5.41) is 0.0741. The summed E-state index contributed by atoms with van der Waals surface area (Å²) in [6, 6.07) is 18.0. The van der Waals surface area contributed by atoms with E-state index >= 15 is 0 Å². The first kappa shape index (κ1) is 23.8. The van der Waals surface area contributed by atoms with Gasteiger partial charge in [0, 0.05) is 45.6 Å². The summed E-state index contributed by atoms with van der Waals surface area (Å²) in [6.45, 7) is 6.25. The van der Waals surface area contributed by atoms with Gasteiger partial charge in [0.2, 0.25) is 0 Å². The second-order valence-electron chi connectivity index (χ2n) is 14.7. The van der Waals surface area contributed by atoms with Gasteiger partial charge in [-0.15, -0.1) is 29.6 Å². The van der Waals surface area contributed by atoms with Crippen LogP contribution >= 0.6 is 0 Å². The number of pyridine rings is 1. The number of benzene rings is 7. The quantitative estimate of drug-likeness (QED) is 0.112. The van der Waals surface area contributed by atoms with E-state index in [-0.39, 0.29) is 99.8 Å². The van der Waals surface area contributed by atoms with Crippen LogP contribution in [0.3, 0.4) is 0 Å². The van der Waals surface area contributed by atoms with Crippen LogP contribution in [0.15, 0.2) is 176 Å². The maximum atomic E-state index is 9.33. The largest absolute Gasteiger partial charge is 0.510 e. The van der Waals surface area contributed by atoms with Crippen LogP contribution < -0.4 is 9.30 Å². The summed E-state index contributed by atoms with van der Waals surface area (Å²) in [6.07, 6.45) is 5.56. The summed E-state index contributed by atoms with van der Waals surface area (Å²) in [5.41, 5.74) is 1.97. The Morgan fingerprint density at radius 1 is 0.678 bits per heavy atom. The van der Waals surface area contributed by atoms with E-state index in [1.165, 1.54) is 27.3 Å². The van der Waals surface area contributed by atoms with Crippen molar-refractivity contribution < 1.29 is 52.3 Å². The standard InChI is InChI=1S/C53H40N4O.Pt/c1-53(2,3)35-37-30-31-54-51(32-37)57-47-25-11-10-22-45(47)46-29-28-42(34-50(46)57)58-41-21-14-20-40(33-41)55-36-56(49-27-13-12-26-48(49)55)52-43(38-16-6-4-7-17-38)23-15-24-44(52)39-18-8-5-9-19-39;/h4-32H,35H2,1-3H3;/q-2;/i4D,5D,6D,7D,8D,9D,10D,11D,16D,17D,18D,19D,22D,25D,28D,29D;. The van der Waals surface area contributed by atoms with Gasteiger partial charge in [-0.25, -0.2) is 4.98 Å². The molecule has 7 aromatic carbocycles. The van der Waals surface area contributed by atoms with Crippen molar-refractivity contribution in [2.45, 2.75) is 27.2 Å². The zero-order valence-corrected chi connectivity index (χ0v) is 34.0. The Morgan fingerprint density at radius 2 is 1.37 bits per heavy atom. The second-order valence-corrected chi connectivity index (χ2v) is 14.7. The van der Waals surface area contributed by atoms with Gasteiger partial charge in [-0.3, -0.25) is 4.57 Å². The molecule has 3 heterocycles. The first-order valence-electron chi connectivity index (χ1n) is 26.4. The minimum Gasteiger partial charge on any atom is -0.510 e. The Morgan fingerprint density at radius 3 is 2.12 bits per heavy atom. The molecule has 0 aliphatic carbocycles. The SMILES string of the molecule is [2H]c1c([2H])c([2H])c(-c2cccc(-c3c([2H])c([2H])c([2H])c([2H])c3[2H])c2-[n+]2[c-]n(-c3[c-]c(Oc4[c-]c5c(c([2H])c4[2H])c4c([2H])c([2H])c([2H])c([2H])c4n5-c4cc(CC(C)(C)C)ccn4)ccc3)c3ccccc32)c([2H])c1[2H].[Pt]. The van der Waals surface area contributed by atoms with Crippen molar-refractivity contribution in [3.8, 4) is 50.9 Å². The molecule has 0 amide bonds. The van der Waals surface area contributed by atoms with E-state index < -0.39 is 84.6 Å². The molecular weight excluding hydrogens is 904 g/mol. The third-order valence-corrected chi connectivity index (χ3v) is 9.48. The number of hydrogen-bond donors (Lipinski definition) is 0. The number of nitrogens with zero attached hydrogens (tertiary/aromatic N) is 4. The monoisotopic (exact) mass is 959 g/mol. The molecule has 10 aromatic rings. The van der Waals surface area contributed by atoms with Crippen LogP contribution in [0.25, 0.3) is 72.3 Å². The molecule has 290 valence electrons. The summed E-state index contributed by atoms with van der Waals surface area (Å²) in [7, 11) is 0. The molecular formula is C53H40N4OPt-2. The fourth-order valence-corrected chi connectivity index (χ4v) is 7.18. The molecule has 6 heteroatoms. The van der Waals surface area contributed by atoms with Gasteiger partial charge in [-0.05, 0) is 70.3 Å². The maximum Gasteiger partial charge on any atom is 0.268 e. The zero-order valence-electron chi connectivity index (χ0n) is 47.7. The Bertz CT molecular complexity index is 3910. The zero-order chi connectivity index (χ0) is 53.1. The number of para-hydroxylation sites is 4. The fourth-order valence-electron chi connectivity index (χ4n) is 7.18. The van der Waals surface area contributed by atoms with Crippen molar-refractivity contribution >= 4 is 32.8 Å². The average Bonchev–Trinajstić information content (AvgIpc) is 3.97. The number of ether oxygens (including phenoxy) is 1. The molecule has 0 saturated heterocycles. The van der Waals surface area contributed by atoms with E-state index in [2.05, 4.69) is 44.2 Å². The smallest absolute Gasteiger partial charge is 0.268 e. The Balaban J connectivity index is 0.00000689. The molecule has 10 rings (SSSR count). The first-order chi connectivity index (χ1) is 35.0. The molecule has 0 aliphatic heterocycles. The third kappa shape index (κ3) is 7.28. The number of imidazole rings is 1. The Kier molecular flexibility index (Phi) is 6.30. The average molecular weight is 960 g/mol. The van der Waals surface area contributed by atoms with Gasteiger partial charge < -0.3 is 13.9 Å². The molecule has 5 nitrogen and oxygen atoms in total. The van der Waals surface area contributed by atoms with Crippen molar-refractivity contribution in [1.82, 2.24) is 14.1 Å². The van der Waals surface area contributed by atoms with Crippen molar-refractivity contribution in [2.24, 2.45) is 5.41 Å². The number of rotatable bonds is 8. The predicted molar refractivity (Wildman–Crippen MR) is 234 cm³/mol. The molecule has 0 atom stereocenters. The van der Waals surface area contributed by atoms with Gasteiger partial charge in [-0.2, -0.15) is 18.2 Å². The number of hydrogen-bond acceptors (Lipinski definition) is 2. The van der Waals surface area contributed by atoms with Gasteiger partial charge >= 0.3 is 0 Å². The summed E-state index contributed by atoms with van der Waals surface area (Å²) < 4.78 is 151. The van der Waals surface area contributed by atoms with Crippen LogP contribution in [0.2, 0.25) is 0 Å². The molecule has 0 bridgehead atoms. The molecule has 0 fully saturated rings. The van der Waals surface area contributed by atoms with Crippen molar-refractivity contribution in [2.75, 3.05) is 0 Å².